The second-order valence-corrected chi connectivity index (χ2v) is 7.94. The SMILES string of the molecule is O=Cc1coc([C@H](Cc2ccccc2)NC(=O)OCC2c3ccccc3-c3ccccc32)n1. The Morgan fingerprint density at radius 1 is 0.970 bits per heavy atom. The van der Waals surface area contributed by atoms with Crippen LogP contribution in [0.4, 0.5) is 4.79 Å². The van der Waals surface area contributed by atoms with Crippen LogP contribution in [0.15, 0.2) is 89.5 Å². The number of carbonyl (C=O) groups is 2. The number of amides is 1. The van der Waals surface area contributed by atoms with Gasteiger partial charge in [-0.25, -0.2) is 9.78 Å². The molecule has 1 atom stereocenters. The Kier molecular flexibility index (Phi) is 5.72. The normalized spacial score (nSPS) is 13.1. The molecule has 3 aromatic carbocycles. The lowest BCUT2D eigenvalue weighted by Gasteiger charge is -2.18. The molecule has 1 heterocycles. The van der Waals surface area contributed by atoms with Crippen LogP contribution in [-0.4, -0.2) is 24.0 Å². The van der Waals surface area contributed by atoms with Crippen molar-refractivity contribution in [3.05, 3.63) is 113 Å². The number of hydrogen-bond acceptors (Lipinski definition) is 5. The summed E-state index contributed by atoms with van der Waals surface area (Å²) in [5.41, 5.74) is 5.81. The van der Waals surface area contributed by atoms with E-state index in [1.165, 1.54) is 17.4 Å². The number of oxazole rings is 1. The minimum Gasteiger partial charge on any atom is -0.449 e. The zero-order chi connectivity index (χ0) is 22.6. The van der Waals surface area contributed by atoms with Gasteiger partial charge in [-0.15, -0.1) is 0 Å². The van der Waals surface area contributed by atoms with Gasteiger partial charge in [0, 0.05) is 12.3 Å². The number of aromatic nitrogens is 1. The van der Waals surface area contributed by atoms with Crippen LogP contribution in [0.3, 0.4) is 0 Å². The molecule has 1 N–H and O–H groups in total. The molecule has 164 valence electrons. The Morgan fingerprint density at radius 2 is 1.61 bits per heavy atom. The van der Waals surface area contributed by atoms with Gasteiger partial charge in [0.25, 0.3) is 0 Å². The van der Waals surface area contributed by atoms with Gasteiger partial charge in [0.05, 0.1) is 0 Å². The van der Waals surface area contributed by atoms with Crippen LogP contribution >= 0.6 is 0 Å². The molecule has 1 aliphatic rings. The van der Waals surface area contributed by atoms with E-state index in [0.717, 1.165) is 16.7 Å². The maximum Gasteiger partial charge on any atom is 0.407 e. The summed E-state index contributed by atoms with van der Waals surface area (Å²) in [5, 5.41) is 2.86. The number of ether oxygens (including phenoxy) is 1. The lowest BCUT2D eigenvalue weighted by atomic mass is 9.98. The first-order valence-corrected chi connectivity index (χ1v) is 10.8. The average molecular weight is 438 g/mol. The fourth-order valence-corrected chi connectivity index (χ4v) is 4.35. The molecule has 1 amide bonds. The van der Waals surface area contributed by atoms with Crippen LogP contribution in [0.1, 0.15) is 45.0 Å². The standard InChI is InChI=1S/C27H22N2O4/c30-15-19-16-32-26(28-19)25(14-18-8-2-1-3-9-18)29-27(31)33-17-24-22-12-6-4-10-20(22)21-11-5-7-13-23(21)24/h1-13,15-16,24-25H,14,17H2,(H,29,31)/t25-/m0/s1. The Labute approximate surface area is 191 Å². The van der Waals surface area contributed by atoms with Gasteiger partial charge in [0.1, 0.15) is 24.6 Å². The molecule has 0 unspecified atom stereocenters. The molecule has 1 aliphatic carbocycles. The third-order valence-corrected chi connectivity index (χ3v) is 5.88. The molecule has 0 spiro atoms. The third-order valence-electron chi connectivity index (χ3n) is 5.88. The van der Waals surface area contributed by atoms with Crippen molar-refractivity contribution in [1.29, 1.82) is 0 Å². The van der Waals surface area contributed by atoms with E-state index in [4.69, 9.17) is 9.15 Å². The second kappa shape index (κ2) is 9.12. The van der Waals surface area contributed by atoms with Gasteiger partial charge >= 0.3 is 6.09 Å². The molecule has 5 rings (SSSR count). The van der Waals surface area contributed by atoms with Crippen LogP contribution in [-0.2, 0) is 11.2 Å². The minimum atomic E-state index is -0.572. The van der Waals surface area contributed by atoms with Gasteiger partial charge in [-0.3, -0.25) is 4.79 Å². The number of aldehydes is 1. The predicted octanol–water partition coefficient (Wildman–Crippen LogP) is 5.31. The number of alkyl carbamates (subject to hydrolysis) is 1. The quantitative estimate of drug-likeness (QED) is 0.396. The summed E-state index contributed by atoms with van der Waals surface area (Å²) in [4.78, 5) is 28.0. The molecule has 0 aliphatic heterocycles. The number of rotatable bonds is 7. The fourth-order valence-electron chi connectivity index (χ4n) is 4.35. The van der Waals surface area contributed by atoms with Crippen molar-refractivity contribution < 1.29 is 18.7 Å². The van der Waals surface area contributed by atoms with Gasteiger partial charge in [-0.2, -0.15) is 0 Å². The maximum atomic E-state index is 12.8. The molecule has 1 aromatic heterocycles. The van der Waals surface area contributed by atoms with E-state index in [9.17, 15) is 9.59 Å². The summed E-state index contributed by atoms with van der Waals surface area (Å²) in [6.07, 6.45) is 1.77. The summed E-state index contributed by atoms with van der Waals surface area (Å²) in [7, 11) is 0. The first-order valence-electron chi connectivity index (χ1n) is 10.8. The zero-order valence-electron chi connectivity index (χ0n) is 17.8. The Bertz CT molecular complexity index is 1240. The number of benzene rings is 3. The lowest BCUT2D eigenvalue weighted by molar-refractivity contribution is 0.111. The summed E-state index contributed by atoms with van der Waals surface area (Å²) in [6.45, 7) is 0.211. The molecule has 33 heavy (non-hydrogen) atoms. The van der Waals surface area contributed by atoms with Crippen molar-refractivity contribution in [1.82, 2.24) is 10.3 Å². The van der Waals surface area contributed by atoms with Crippen LogP contribution in [0, 0.1) is 0 Å². The van der Waals surface area contributed by atoms with Crippen molar-refractivity contribution >= 4 is 12.4 Å². The van der Waals surface area contributed by atoms with Gasteiger partial charge in [0.15, 0.2) is 6.29 Å². The molecule has 0 bridgehead atoms. The van der Waals surface area contributed by atoms with Crippen LogP contribution < -0.4 is 5.32 Å². The van der Waals surface area contributed by atoms with E-state index < -0.39 is 12.1 Å². The van der Waals surface area contributed by atoms with Gasteiger partial charge in [-0.1, -0.05) is 78.9 Å². The van der Waals surface area contributed by atoms with Gasteiger partial charge in [-0.05, 0) is 27.8 Å². The van der Waals surface area contributed by atoms with E-state index in [0.29, 0.717) is 12.7 Å². The van der Waals surface area contributed by atoms with Crippen LogP contribution in [0.25, 0.3) is 11.1 Å². The largest absolute Gasteiger partial charge is 0.449 e. The van der Waals surface area contributed by atoms with Crippen molar-refractivity contribution in [2.75, 3.05) is 6.61 Å². The molecule has 6 heteroatoms. The highest BCUT2D eigenvalue weighted by Gasteiger charge is 2.29. The van der Waals surface area contributed by atoms with E-state index >= 15 is 0 Å². The monoisotopic (exact) mass is 438 g/mol. The van der Waals surface area contributed by atoms with Gasteiger partial charge in [0.2, 0.25) is 5.89 Å². The Hall–Kier alpha value is -4.19. The third kappa shape index (κ3) is 4.28. The molecule has 0 radical (unpaired) electrons. The van der Waals surface area contributed by atoms with Crippen LogP contribution in [0.2, 0.25) is 0 Å². The number of carbonyl (C=O) groups excluding carboxylic acids is 2. The van der Waals surface area contributed by atoms with Crippen molar-refractivity contribution in [3.63, 3.8) is 0 Å². The highest BCUT2D eigenvalue weighted by Crippen LogP contribution is 2.44. The lowest BCUT2D eigenvalue weighted by Crippen LogP contribution is -2.31. The topological polar surface area (TPSA) is 81.4 Å². The molecule has 0 saturated heterocycles. The smallest absolute Gasteiger partial charge is 0.407 e. The molecule has 6 nitrogen and oxygen atoms in total. The highest BCUT2D eigenvalue weighted by atomic mass is 16.5. The summed E-state index contributed by atoms with van der Waals surface area (Å²) >= 11 is 0. The average Bonchev–Trinajstić information content (AvgIpc) is 3.46. The number of nitrogens with one attached hydrogen (secondary N) is 1. The Balaban J connectivity index is 1.32. The first-order chi connectivity index (χ1) is 16.2. The maximum absolute atomic E-state index is 12.8. The summed E-state index contributed by atoms with van der Waals surface area (Å²) < 4.78 is 11.1. The number of hydrogen-bond donors (Lipinski definition) is 1. The molecular weight excluding hydrogens is 416 g/mol. The molecule has 0 saturated carbocycles. The zero-order valence-corrected chi connectivity index (χ0v) is 17.8. The Morgan fingerprint density at radius 3 is 2.24 bits per heavy atom. The molecule has 0 fully saturated rings. The number of nitrogens with zero attached hydrogens (tertiary/aromatic N) is 1. The second-order valence-electron chi connectivity index (χ2n) is 7.94. The van der Waals surface area contributed by atoms with Gasteiger partial charge < -0.3 is 14.5 Å². The van der Waals surface area contributed by atoms with E-state index in [1.807, 2.05) is 54.6 Å². The van der Waals surface area contributed by atoms with E-state index in [2.05, 4.69) is 34.6 Å². The highest BCUT2D eigenvalue weighted by molar-refractivity contribution is 5.79. The van der Waals surface area contributed by atoms with Crippen molar-refractivity contribution in [2.24, 2.45) is 0 Å². The van der Waals surface area contributed by atoms with Crippen molar-refractivity contribution in [2.45, 2.75) is 18.4 Å². The van der Waals surface area contributed by atoms with Crippen molar-refractivity contribution in [3.8, 4) is 11.1 Å². The summed E-state index contributed by atoms with van der Waals surface area (Å²) in [5.74, 6) is 0.230. The number of fused-ring (bicyclic) bond motifs is 3. The minimum absolute atomic E-state index is 0.0286. The van der Waals surface area contributed by atoms with E-state index in [-0.39, 0.29) is 24.1 Å². The van der Waals surface area contributed by atoms with Crippen LogP contribution in [0.5, 0.6) is 0 Å². The summed E-state index contributed by atoms with van der Waals surface area (Å²) in [6, 6.07) is 25.5. The predicted molar refractivity (Wildman–Crippen MR) is 123 cm³/mol. The fraction of sp³-hybridized carbons (Fsp3) is 0.148. The molecular formula is C27H22N2O4. The first kappa shape index (κ1) is 20.7. The molecule has 4 aromatic rings. The van der Waals surface area contributed by atoms with E-state index in [1.54, 1.807) is 0 Å².